The lowest BCUT2D eigenvalue weighted by molar-refractivity contribution is 0.0678. The summed E-state index contributed by atoms with van der Waals surface area (Å²) in [5.41, 5.74) is 1.31. The zero-order chi connectivity index (χ0) is 13.2. The zero-order valence-electron chi connectivity index (χ0n) is 12.0. The molecule has 2 aliphatic heterocycles. The lowest BCUT2D eigenvalue weighted by Gasteiger charge is -2.49. The number of anilines is 1. The van der Waals surface area contributed by atoms with Crippen LogP contribution >= 0.6 is 0 Å². The molecule has 3 rings (SSSR count). The van der Waals surface area contributed by atoms with Gasteiger partial charge in [0.15, 0.2) is 0 Å². The van der Waals surface area contributed by atoms with Crippen molar-refractivity contribution in [3.63, 3.8) is 0 Å². The van der Waals surface area contributed by atoms with E-state index in [0.717, 1.165) is 6.04 Å². The summed E-state index contributed by atoms with van der Waals surface area (Å²) in [4.78, 5) is 11.8. The van der Waals surface area contributed by atoms with Gasteiger partial charge < -0.3 is 4.90 Å². The molecule has 4 nitrogen and oxygen atoms in total. The Morgan fingerprint density at radius 3 is 2.26 bits per heavy atom. The van der Waals surface area contributed by atoms with E-state index < -0.39 is 0 Å². The van der Waals surface area contributed by atoms with Gasteiger partial charge in [0, 0.05) is 69.4 Å². The van der Waals surface area contributed by atoms with Crippen LogP contribution < -0.4 is 4.90 Å². The Hall–Kier alpha value is -1.13. The van der Waals surface area contributed by atoms with Gasteiger partial charge in [-0.3, -0.25) is 14.8 Å². The Morgan fingerprint density at radius 1 is 1.05 bits per heavy atom. The minimum Gasteiger partial charge on any atom is -0.368 e. The number of nitrogens with zero attached hydrogens (tertiary/aromatic N) is 4. The summed E-state index contributed by atoms with van der Waals surface area (Å²) in [5, 5.41) is 0. The van der Waals surface area contributed by atoms with E-state index in [9.17, 15) is 0 Å². The van der Waals surface area contributed by atoms with Crippen LogP contribution in [0.15, 0.2) is 24.5 Å². The molecule has 0 unspecified atom stereocenters. The maximum atomic E-state index is 4.08. The van der Waals surface area contributed by atoms with Crippen LogP contribution in [0.4, 0.5) is 5.69 Å². The third-order valence-electron chi connectivity index (χ3n) is 4.49. The van der Waals surface area contributed by atoms with E-state index in [1.165, 1.54) is 45.0 Å². The predicted molar refractivity (Wildman–Crippen MR) is 78.5 cm³/mol. The lowest BCUT2D eigenvalue weighted by atomic mass is 10.0. The smallest absolute Gasteiger partial charge is 0.0447 e. The van der Waals surface area contributed by atoms with Gasteiger partial charge in [-0.1, -0.05) is 0 Å². The first-order chi connectivity index (χ1) is 9.24. The summed E-state index contributed by atoms with van der Waals surface area (Å²) in [5.74, 6) is 0. The quantitative estimate of drug-likeness (QED) is 0.817. The van der Waals surface area contributed by atoms with Crippen LogP contribution in [0.25, 0.3) is 0 Å². The van der Waals surface area contributed by atoms with Crippen molar-refractivity contribution in [3.05, 3.63) is 24.5 Å². The fraction of sp³-hybridized carbons (Fsp3) is 0.667. The number of piperazine rings is 1. The Balaban J connectivity index is 1.47. The molecule has 2 fully saturated rings. The van der Waals surface area contributed by atoms with Crippen LogP contribution in [-0.2, 0) is 0 Å². The topological polar surface area (TPSA) is 22.6 Å². The molecule has 0 spiro atoms. The van der Waals surface area contributed by atoms with Crippen LogP contribution in [0, 0.1) is 0 Å². The number of aromatic nitrogens is 1. The molecule has 4 heteroatoms. The van der Waals surface area contributed by atoms with Crippen molar-refractivity contribution >= 4 is 5.69 Å². The van der Waals surface area contributed by atoms with Crippen LogP contribution in [0.2, 0.25) is 0 Å². The number of rotatable bonds is 3. The molecule has 1 aromatic rings. The Labute approximate surface area is 116 Å². The van der Waals surface area contributed by atoms with E-state index in [4.69, 9.17) is 0 Å². The number of pyridine rings is 1. The highest BCUT2D eigenvalue weighted by atomic mass is 15.4. The maximum absolute atomic E-state index is 4.08. The van der Waals surface area contributed by atoms with E-state index >= 15 is 0 Å². The summed E-state index contributed by atoms with van der Waals surface area (Å²) in [6, 6.07) is 5.65. The molecule has 19 heavy (non-hydrogen) atoms. The van der Waals surface area contributed by atoms with Crippen molar-refractivity contribution in [2.24, 2.45) is 0 Å². The van der Waals surface area contributed by atoms with E-state index in [1.807, 2.05) is 12.4 Å². The summed E-state index contributed by atoms with van der Waals surface area (Å²) in [6.07, 6.45) is 3.76. The van der Waals surface area contributed by atoms with Gasteiger partial charge in [0.05, 0.1) is 0 Å². The van der Waals surface area contributed by atoms with Gasteiger partial charge >= 0.3 is 0 Å². The molecule has 2 aliphatic rings. The van der Waals surface area contributed by atoms with Crippen LogP contribution in [-0.4, -0.2) is 66.1 Å². The summed E-state index contributed by atoms with van der Waals surface area (Å²) < 4.78 is 0. The van der Waals surface area contributed by atoms with Crippen molar-refractivity contribution in [3.8, 4) is 0 Å². The average Bonchev–Trinajstić information content (AvgIpc) is 2.39. The SMILES string of the molecule is CC(C)N1CCN(C2CN(c3ccncc3)C2)CC1. The molecule has 0 radical (unpaired) electrons. The third kappa shape index (κ3) is 2.74. The van der Waals surface area contributed by atoms with E-state index in [2.05, 4.69) is 45.7 Å². The maximum Gasteiger partial charge on any atom is 0.0447 e. The van der Waals surface area contributed by atoms with Crippen LogP contribution in [0.1, 0.15) is 13.8 Å². The Bertz CT molecular complexity index is 392. The summed E-state index contributed by atoms with van der Waals surface area (Å²) >= 11 is 0. The molecule has 2 saturated heterocycles. The standard InChI is InChI=1S/C15H24N4/c1-13(2)17-7-9-18(10-8-17)15-11-19(12-15)14-3-5-16-6-4-14/h3-6,13,15H,7-12H2,1-2H3. The molecule has 0 atom stereocenters. The van der Waals surface area contributed by atoms with Crippen LogP contribution in [0.5, 0.6) is 0 Å². The molecule has 0 N–H and O–H groups in total. The Kier molecular flexibility index (Phi) is 3.71. The fourth-order valence-electron chi connectivity index (χ4n) is 3.07. The van der Waals surface area contributed by atoms with Gasteiger partial charge in [-0.2, -0.15) is 0 Å². The first kappa shape index (κ1) is 12.9. The summed E-state index contributed by atoms with van der Waals surface area (Å²) in [7, 11) is 0. The van der Waals surface area contributed by atoms with Gasteiger partial charge in [-0.25, -0.2) is 0 Å². The van der Waals surface area contributed by atoms with Gasteiger partial charge in [-0.15, -0.1) is 0 Å². The zero-order valence-corrected chi connectivity index (χ0v) is 12.0. The van der Waals surface area contributed by atoms with Gasteiger partial charge in [0.2, 0.25) is 0 Å². The van der Waals surface area contributed by atoms with Gasteiger partial charge in [0.1, 0.15) is 0 Å². The van der Waals surface area contributed by atoms with Gasteiger partial charge in [0.25, 0.3) is 0 Å². The molecule has 0 bridgehead atoms. The van der Waals surface area contributed by atoms with Crippen LogP contribution in [0.3, 0.4) is 0 Å². The molecule has 104 valence electrons. The Morgan fingerprint density at radius 2 is 1.68 bits per heavy atom. The largest absolute Gasteiger partial charge is 0.368 e. The lowest BCUT2D eigenvalue weighted by Crippen LogP contribution is -2.63. The third-order valence-corrected chi connectivity index (χ3v) is 4.49. The number of hydrogen-bond acceptors (Lipinski definition) is 4. The molecule has 1 aromatic heterocycles. The average molecular weight is 260 g/mol. The minimum atomic E-state index is 0.692. The second-order valence-electron chi connectivity index (χ2n) is 5.93. The van der Waals surface area contributed by atoms with Crippen molar-refractivity contribution in [2.45, 2.75) is 25.9 Å². The molecular weight excluding hydrogens is 236 g/mol. The fourth-order valence-corrected chi connectivity index (χ4v) is 3.07. The molecule has 0 aromatic carbocycles. The minimum absolute atomic E-state index is 0.692. The summed E-state index contributed by atoms with van der Waals surface area (Å²) in [6.45, 7) is 11.8. The highest BCUT2D eigenvalue weighted by Gasteiger charge is 2.33. The van der Waals surface area contributed by atoms with Crippen molar-refractivity contribution in [2.75, 3.05) is 44.2 Å². The van der Waals surface area contributed by atoms with Crippen molar-refractivity contribution < 1.29 is 0 Å². The number of hydrogen-bond donors (Lipinski definition) is 0. The molecule has 0 aliphatic carbocycles. The predicted octanol–water partition coefficient (Wildman–Crippen LogP) is 1.30. The second-order valence-corrected chi connectivity index (χ2v) is 5.93. The molecule has 0 amide bonds. The highest BCUT2D eigenvalue weighted by molar-refractivity contribution is 5.47. The molecule has 0 saturated carbocycles. The first-order valence-corrected chi connectivity index (χ1v) is 7.37. The first-order valence-electron chi connectivity index (χ1n) is 7.37. The van der Waals surface area contributed by atoms with E-state index in [-0.39, 0.29) is 0 Å². The molecule has 3 heterocycles. The molecular formula is C15H24N4. The normalized spacial score (nSPS) is 22.8. The second kappa shape index (κ2) is 5.47. The van der Waals surface area contributed by atoms with Crippen molar-refractivity contribution in [1.82, 2.24) is 14.8 Å². The van der Waals surface area contributed by atoms with E-state index in [1.54, 1.807) is 0 Å². The monoisotopic (exact) mass is 260 g/mol. The van der Waals surface area contributed by atoms with E-state index in [0.29, 0.717) is 6.04 Å². The van der Waals surface area contributed by atoms with Crippen molar-refractivity contribution in [1.29, 1.82) is 0 Å². The highest BCUT2D eigenvalue weighted by Crippen LogP contribution is 2.23. The van der Waals surface area contributed by atoms with Gasteiger partial charge in [-0.05, 0) is 26.0 Å².